The third kappa shape index (κ3) is 5.44. The van der Waals surface area contributed by atoms with Crippen molar-refractivity contribution in [2.75, 3.05) is 13.7 Å². The minimum absolute atomic E-state index is 0.143. The molecule has 0 fully saturated rings. The molecule has 1 aromatic heterocycles. The van der Waals surface area contributed by atoms with Crippen molar-refractivity contribution in [1.29, 1.82) is 0 Å². The van der Waals surface area contributed by atoms with Crippen molar-refractivity contribution < 1.29 is 14.3 Å². The van der Waals surface area contributed by atoms with Crippen molar-refractivity contribution in [3.63, 3.8) is 0 Å². The molecule has 8 heteroatoms. The number of hydrogen-bond donors (Lipinski definition) is 1. The Balaban J connectivity index is 1.50. The molecule has 0 radical (unpaired) electrons. The number of halogens is 1. The Kier molecular flexibility index (Phi) is 6.94. The monoisotopic (exact) mass is 474 g/mol. The molecule has 7 nitrogen and oxygen atoms in total. The van der Waals surface area contributed by atoms with Crippen molar-refractivity contribution >= 4 is 23.4 Å². The first-order chi connectivity index (χ1) is 16.4. The van der Waals surface area contributed by atoms with Gasteiger partial charge in [-0.05, 0) is 48.5 Å². The first-order valence-electron chi connectivity index (χ1n) is 10.6. The smallest absolute Gasteiger partial charge is 0.260 e. The molecule has 0 saturated carbocycles. The quantitative estimate of drug-likeness (QED) is 0.411. The minimum atomic E-state index is -0.519. The Morgan fingerprint density at radius 1 is 1.00 bits per heavy atom. The molecule has 2 amide bonds. The van der Waals surface area contributed by atoms with Crippen molar-refractivity contribution in [1.82, 2.24) is 14.7 Å². The van der Waals surface area contributed by atoms with E-state index in [1.165, 1.54) is 0 Å². The lowest BCUT2D eigenvalue weighted by molar-refractivity contribution is -0.132. The molecule has 0 aliphatic carbocycles. The second-order valence-electron chi connectivity index (χ2n) is 7.72. The van der Waals surface area contributed by atoms with Gasteiger partial charge in [0.2, 0.25) is 5.91 Å². The van der Waals surface area contributed by atoms with Crippen LogP contribution in [0.5, 0.6) is 5.75 Å². The number of carbonyl (C=O) groups is 2. The molecule has 4 rings (SSSR count). The first-order valence-corrected chi connectivity index (χ1v) is 10.9. The van der Waals surface area contributed by atoms with Crippen LogP contribution in [0, 0.1) is 0 Å². The van der Waals surface area contributed by atoms with Gasteiger partial charge in [-0.1, -0.05) is 41.9 Å². The molecular weight excluding hydrogens is 452 g/mol. The molecule has 0 saturated heterocycles. The highest BCUT2D eigenvalue weighted by molar-refractivity contribution is 6.30. The zero-order valence-electron chi connectivity index (χ0n) is 18.5. The number of primary amides is 1. The Bertz CT molecular complexity index is 1290. The molecular formula is C26H23ClN4O3. The third-order valence-corrected chi connectivity index (χ3v) is 5.51. The van der Waals surface area contributed by atoms with Gasteiger partial charge in [-0.25, -0.2) is 4.68 Å². The predicted octanol–water partition coefficient (Wildman–Crippen LogP) is 4.33. The maximum absolute atomic E-state index is 12.7. The number of carbonyl (C=O) groups excluding carboxylic acids is 2. The fourth-order valence-corrected chi connectivity index (χ4v) is 3.53. The van der Waals surface area contributed by atoms with Crippen LogP contribution in [0.25, 0.3) is 16.9 Å². The van der Waals surface area contributed by atoms with Crippen molar-refractivity contribution in [3.8, 4) is 22.7 Å². The van der Waals surface area contributed by atoms with Crippen LogP contribution in [0.15, 0.2) is 85.1 Å². The van der Waals surface area contributed by atoms with E-state index in [0.29, 0.717) is 22.9 Å². The lowest BCUT2D eigenvalue weighted by Gasteiger charge is -2.17. The van der Waals surface area contributed by atoms with Gasteiger partial charge in [-0.2, -0.15) is 5.10 Å². The van der Waals surface area contributed by atoms with Crippen LogP contribution < -0.4 is 10.5 Å². The van der Waals surface area contributed by atoms with Gasteiger partial charge in [0.15, 0.2) is 6.61 Å². The van der Waals surface area contributed by atoms with E-state index >= 15 is 0 Å². The lowest BCUT2D eigenvalue weighted by Crippen LogP contribution is -2.31. The highest BCUT2D eigenvalue weighted by Crippen LogP contribution is 2.26. The number of amides is 2. The summed E-state index contributed by atoms with van der Waals surface area (Å²) in [6.07, 6.45) is 1.92. The van der Waals surface area contributed by atoms with Gasteiger partial charge in [0.05, 0.1) is 11.4 Å². The molecule has 0 atom stereocenters. The van der Waals surface area contributed by atoms with Gasteiger partial charge in [0, 0.05) is 41.5 Å². The number of nitrogens with two attached hydrogens (primary N) is 1. The van der Waals surface area contributed by atoms with Gasteiger partial charge in [0.1, 0.15) is 5.75 Å². The highest BCUT2D eigenvalue weighted by Gasteiger charge is 2.17. The number of hydrogen-bond acceptors (Lipinski definition) is 4. The van der Waals surface area contributed by atoms with Gasteiger partial charge in [-0.15, -0.1) is 0 Å². The standard InChI is InChI=1S/C26H23ClN4O3/c1-30(24(32)17-34-23-13-9-19(10-14-23)26(28)33)15-20-16-31(22-5-3-2-4-6-22)29-25(20)18-7-11-21(27)12-8-18/h2-14,16H,15,17H2,1H3,(H2,28,33). The Morgan fingerprint density at radius 2 is 1.68 bits per heavy atom. The number of ether oxygens (including phenoxy) is 1. The van der Waals surface area contributed by atoms with E-state index in [-0.39, 0.29) is 12.5 Å². The van der Waals surface area contributed by atoms with Crippen LogP contribution in [0.3, 0.4) is 0 Å². The second-order valence-corrected chi connectivity index (χ2v) is 8.15. The summed E-state index contributed by atoms with van der Waals surface area (Å²) < 4.78 is 7.39. The molecule has 0 aliphatic rings. The van der Waals surface area contributed by atoms with E-state index in [0.717, 1.165) is 22.5 Å². The number of rotatable bonds is 8. The Morgan fingerprint density at radius 3 is 2.32 bits per heavy atom. The maximum atomic E-state index is 12.7. The normalized spacial score (nSPS) is 10.6. The Hall–Kier alpha value is -4.10. The molecule has 4 aromatic rings. The second kappa shape index (κ2) is 10.2. The van der Waals surface area contributed by atoms with E-state index in [4.69, 9.17) is 27.2 Å². The van der Waals surface area contributed by atoms with E-state index < -0.39 is 5.91 Å². The summed E-state index contributed by atoms with van der Waals surface area (Å²) in [5.74, 6) is -0.242. The first kappa shape index (κ1) is 23.1. The van der Waals surface area contributed by atoms with E-state index in [1.807, 2.05) is 60.8 Å². The average Bonchev–Trinajstić information content (AvgIpc) is 3.27. The molecule has 34 heavy (non-hydrogen) atoms. The largest absolute Gasteiger partial charge is 0.484 e. The zero-order chi connectivity index (χ0) is 24.1. The SMILES string of the molecule is CN(Cc1cn(-c2ccccc2)nc1-c1ccc(Cl)cc1)C(=O)COc1ccc(C(N)=O)cc1. The lowest BCUT2D eigenvalue weighted by atomic mass is 10.1. The van der Waals surface area contributed by atoms with E-state index in [9.17, 15) is 9.59 Å². The summed E-state index contributed by atoms with van der Waals surface area (Å²) in [4.78, 5) is 25.5. The van der Waals surface area contributed by atoms with Crippen molar-refractivity contribution in [2.45, 2.75) is 6.54 Å². The molecule has 172 valence electrons. The molecule has 0 unspecified atom stereocenters. The van der Waals surface area contributed by atoms with Crippen LogP contribution in [0.1, 0.15) is 15.9 Å². The molecule has 0 bridgehead atoms. The maximum Gasteiger partial charge on any atom is 0.260 e. The van der Waals surface area contributed by atoms with E-state index in [2.05, 4.69) is 0 Å². The summed E-state index contributed by atoms with van der Waals surface area (Å²) in [6.45, 7) is 0.198. The summed E-state index contributed by atoms with van der Waals surface area (Å²) in [5, 5.41) is 5.42. The number of aromatic nitrogens is 2. The van der Waals surface area contributed by atoms with Gasteiger partial charge in [-0.3, -0.25) is 9.59 Å². The number of nitrogens with zero attached hydrogens (tertiary/aromatic N) is 3. The fourth-order valence-electron chi connectivity index (χ4n) is 3.40. The van der Waals surface area contributed by atoms with Gasteiger partial charge >= 0.3 is 0 Å². The zero-order valence-corrected chi connectivity index (χ0v) is 19.3. The van der Waals surface area contributed by atoms with Crippen LogP contribution in [0.2, 0.25) is 5.02 Å². The number of benzene rings is 3. The van der Waals surface area contributed by atoms with Crippen molar-refractivity contribution in [2.24, 2.45) is 5.73 Å². The Labute approximate surface area is 202 Å². The molecule has 3 aromatic carbocycles. The summed E-state index contributed by atoms with van der Waals surface area (Å²) in [7, 11) is 1.72. The molecule has 2 N–H and O–H groups in total. The summed E-state index contributed by atoms with van der Waals surface area (Å²) >= 11 is 6.06. The third-order valence-electron chi connectivity index (χ3n) is 5.26. The molecule has 0 aliphatic heterocycles. The topological polar surface area (TPSA) is 90.4 Å². The number of para-hydroxylation sites is 1. The van der Waals surface area contributed by atoms with Gasteiger partial charge < -0.3 is 15.4 Å². The predicted molar refractivity (Wildman–Crippen MR) is 131 cm³/mol. The average molecular weight is 475 g/mol. The van der Waals surface area contributed by atoms with E-state index in [1.54, 1.807) is 40.9 Å². The van der Waals surface area contributed by atoms with Gasteiger partial charge in [0.25, 0.3) is 5.91 Å². The molecule has 0 spiro atoms. The number of likely N-dealkylation sites (N-methyl/N-ethyl adjacent to an activating group) is 1. The van der Waals surface area contributed by atoms with Crippen molar-refractivity contribution in [3.05, 3.63) is 101 Å². The summed E-state index contributed by atoms with van der Waals surface area (Å²) in [5.41, 5.74) is 9.09. The minimum Gasteiger partial charge on any atom is -0.484 e. The van der Waals surface area contributed by atoms with Crippen LogP contribution in [-0.4, -0.2) is 40.1 Å². The molecule has 1 heterocycles. The highest BCUT2D eigenvalue weighted by atomic mass is 35.5. The van der Waals surface area contributed by atoms with Crippen LogP contribution >= 0.6 is 11.6 Å². The fraction of sp³-hybridized carbons (Fsp3) is 0.115. The van der Waals surface area contributed by atoms with Crippen LogP contribution in [0.4, 0.5) is 0 Å². The van der Waals surface area contributed by atoms with Crippen LogP contribution in [-0.2, 0) is 11.3 Å². The summed E-state index contributed by atoms with van der Waals surface area (Å²) in [6, 6.07) is 23.5.